The second kappa shape index (κ2) is 6.21. The van der Waals surface area contributed by atoms with Crippen LogP contribution in [0.1, 0.15) is 6.92 Å². The van der Waals surface area contributed by atoms with Crippen molar-refractivity contribution in [2.45, 2.75) is 19.1 Å². The second-order valence-electron chi connectivity index (χ2n) is 4.56. The van der Waals surface area contributed by atoms with Crippen LogP contribution in [0, 0.1) is 0 Å². The monoisotopic (exact) mass is 271 g/mol. The van der Waals surface area contributed by atoms with E-state index in [0.717, 1.165) is 11.4 Å². The number of nitrogens with zero attached hydrogens (tertiary/aromatic N) is 1. The van der Waals surface area contributed by atoms with Crippen LogP contribution in [0.3, 0.4) is 0 Å². The molecular formula is C16H17NO3. The van der Waals surface area contributed by atoms with E-state index in [1.807, 2.05) is 60.7 Å². The molecule has 0 saturated carbocycles. The van der Waals surface area contributed by atoms with Crippen molar-refractivity contribution >= 4 is 17.3 Å². The summed E-state index contributed by atoms with van der Waals surface area (Å²) in [7, 11) is 0. The number of anilines is 2. The van der Waals surface area contributed by atoms with E-state index in [-0.39, 0.29) is 0 Å². The van der Waals surface area contributed by atoms with Gasteiger partial charge in [-0.2, -0.15) is 0 Å². The van der Waals surface area contributed by atoms with Gasteiger partial charge in [0.05, 0.1) is 6.10 Å². The van der Waals surface area contributed by atoms with Gasteiger partial charge >= 0.3 is 5.97 Å². The lowest BCUT2D eigenvalue weighted by Crippen LogP contribution is -2.45. The minimum absolute atomic E-state index is 0.729. The molecule has 0 aliphatic carbocycles. The highest BCUT2D eigenvalue weighted by Gasteiger charge is 2.31. The maximum absolute atomic E-state index is 11.5. The molecule has 0 bridgehead atoms. The molecule has 2 N–H and O–H groups in total. The Balaban J connectivity index is 2.52. The van der Waals surface area contributed by atoms with Crippen molar-refractivity contribution in [1.82, 2.24) is 0 Å². The molecule has 0 saturated heterocycles. The average molecular weight is 271 g/mol. The number of carbonyl (C=O) groups is 1. The van der Waals surface area contributed by atoms with Crippen LogP contribution in [0.25, 0.3) is 0 Å². The Hall–Kier alpha value is -2.33. The molecule has 2 rings (SSSR count). The first-order valence-corrected chi connectivity index (χ1v) is 6.41. The molecule has 4 heteroatoms. The van der Waals surface area contributed by atoms with Gasteiger partial charge in [0, 0.05) is 11.4 Å². The highest BCUT2D eigenvalue weighted by Crippen LogP contribution is 2.28. The van der Waals surface area contributed by atoms with Gasteiger partial charge in [0.1, 0.15) is 0 Å². The topological polar surface area (TPSA) is 60.8 Å². The van der Waals surface area contributed by atoms with E-state index in [4.69, 9.17) is 0 Å². The van der Waals surface area contributed by atoms with Gasteiger partial charge in [-0.1, -0.05) is 36.4 Å². The van der Waals surface area contributed by atoms with Crippen molar-refractivity contribution in [2.24, 2.45) is 0 Å². The first-order valence-electron chi connectivity index (χ1n) is 6.41. The summed E-state index contributed by atoms with van der Waals surface area (Å²) in [5.41, 5.74) is 1.46. The van der Waals surface area contributed by atoms with Gasteiger partial charge in [0.2, 0.25) is 0 Å². The molecule has 4 nitrogen and oxygen atoms in total. The highest BCUT2D eigenvalue weighted by atomic mass is 16.4. The largest absolute Gasteiger partial charge is 0.480 e. The lowest BCUT2D eigenvalue weighted by molar-refractivity contribution is -0.140. The van der Waals surface area contributed by atoms with Gasteiger partial charge in [-0.15, -0.1) is 0 Å². The smallest absolute Gasteiger partial charge is 0.329 e. The van der Waals surface area contributed by atoms with Gasteiger partial charge in [-0.3, -0.25) is 0 Å². The standard InChI is InChI=1S/C16H17NO3/c1-12(18)15(16(19)20)17(13-8-4-2-5-9-13)14-10-6-3-7-11-14/h2-12,15,18H,1H3,(H,19,20). The summed E-state index contributed by atoms with van der Waals surface area (Å²) in [6, 6.07) is 17.3. The zero-order valence-electron chi connectivity index (χ0n) is 11.2. The molecule has 0 radical (unpaired) electrons. The average Bonchev–Trinajstić information content (AvgIpc) is 2.45. The number of carboxylic acids is 1. The van der Waals surface area contributed by atoms with Gasteiger partial charge in [-0.05, 0) is 31.2 Å². The molecule has 2 unspecified atom stereocenters. The van der Waals surface area contributed by atoms with Gasteiger partial charge in [0.25, 0.3) is 0 Å². The minimum atomic E-state index is -1.06. The fourth-order valence-corrected chi connectivity index (χ4v) is 2.18. The number of benzene rings is 2. The quantitative estimate of drug-likeness (QED) is 0.877. The molecule has 0 amide bonds. The number of para-hydroxylation sites is 2. The van der Waals surface area contributed by atoms with E-state index in [1.54, 1.807) is 4.90 Å². The van der Waals surface area contributed by atoms with Gasteiger partial charge in [-0.25, -0.2) is 4.79 Å². The number of carboxylic acid groups (broad SMARTS) is 1. The molecule has 0 aliphatic rings. The summed E-state index contributed by atoms with van der Waals surface area (Å²) in [6.45, 7) is 1.48. The normalized spacial score (nSPS) is 13.5. The number of hydrogen-bond acceptors (Lipinski definition) is 3. The van der Waals surface area contributed by atoms with Crippen LogP contribution in [0.2, 0.25) is 0 Å². The summed E-state index contributed by atoms with van der Waals surface area (Å²) in [5, 5.41) is 19.3. The third kappa shape index (κ3) is 2.97. The highest BCUT2D eigenvalue weighted by molar-refractivity contribution is 5.83. The zero-order valence-corrected chi connectivity index (χ0v) is 11.2. The molecule has 0 aliphatic heterocycles. The van der Waals surface area contributed by atoms with E-state index in [9.17, 15) is 15.0 Å². The number of aliphatic carboxylic acids is 1. The third-order valence-electron chi connectivity index (χ3n) is 3.06. The molecule has 2 atom stereocenters. The zero-order chi connectivity index (χ0) is 14.5. The molecule has 0 spiro atoms. The molecule has 20 heavy (non-hydrogen) atoms. The Morgan fingerprint density at radius 1 is 0.950 bits per heavy atom. The first kappa shape index (κ1) is 14.1. The van der Waals surface area contributed by atoms with Crippen LogP contribution in [0.4, 0.5) is 11.4 Å². The number of aliphatic hydroxyl groups excluding tert-OH is 1. The van der Waals surface area contributed by atoms with Crippen LogP contribution in [-0.4, -0.2) is 28.3 Å². The summed E-state index contributed by atoms with van der Waals surface area (Å²) >= 11 is 0. The summed E-state index contributed by atoms with van der Waals surface area (Å²) in [6.07, 6.45) is -1.01. The number of rotatable bonds is 5. The maximum Gasteiger partial charge on any atom is 0.329 e. The molecule has 0 heterocycles. The van der Waals surface area contributed by atoms with Crippen molar-refractivity contribution < 1.29 is 15.0 Å². The van der Waals surface area contributed by atoms with E-state index < -0.39 is 18.1 Å². The van der Waals surface area contributed by atoms with Crippen molar-refractivity contribution in [2.75, 3.05) is 4.90 Å². The predicted molar refractivity (Wildman–Crippen MR) is 78.1 cm³/mol. The summed E-state index contributed by atoms with van der Waals surface area (Å²) in [5.74, 6) is -1.06. The lowest BCUT2D eigenvalue weighted by atomic mass is 10.1. The number of hydrogen-bond donors (Lipinski definition) is 2. The Kier molecular flexibility index (Phi) is 4.38. The van der Waals surface area contributed by atoms with Crippen molar-refractivity contribution in [3.63, 3.8) is 0 Å². The molecule has 0 fully saturated rings. The van der Waals surface area contributed by atoms with E-state index >= 15 is 0 Å². The summed E-state index contributed by atoms with van der Waals surface area (Å²) < 4.78 is 0. The lowest BCUT2D eigenvalue weighted by Gasteiger charge is -2.32. The Morgan fingerprint density at radius 3 is 1.65 bits per heavy atom. The fraction of sp³-hybridized carbons (Fsp3) is 0.188. The SMILES string of the molecule is CC(O)C(C(=O)O)N(c1ccccc1)c1ccccc1. The maximum atomic E-state index is 11.5. The van der Waals surface area contributed by atoms with Crippen molar-refractivity contribution in [3.05, 3.63) is 60.7 Å². The minimum Gasteiger partial charge on any atom is -0.480 e. The van der Waals surface area contributed by atoms with E-state index in [2.05, 4.69) is 0 Å². The van der Waals surface area contributed by atoms with Crippen molar-refractivity contribution in [1.29, 1.82) is 0 Å². The molecular weight excluding hydrogens is 254 g/mol. The van der Waals surface area contributed by atoms with Crippen LogP contribution in [0.15, 0.2) is 60.7 Å². The number of aliphatic hydroxyl groups is 1. The first-order chi connectivity index (χ1) is 9.61. The van der Waals surface area contributed by atoms with Crippen LogP contribution in [-0.2, 0) is 4.79 Å². The molecule has 2 aromatic rings. The van der Waals surface area contributed by atoms with E-state index in [1.165, 1.54) is 6.92 Å². The van der Waals surface area contributed by atoms with Crippen LogP contribution < -0.4 is 4.90 Å². The second-order valence-corrected chi connectivity index (χ2v) is 4.56. The predicted octanol–water partition coefficient (Wildman–Crippen LogP) is 2.66. The third-order valence-corrected chi connectivity index (χ3v) is 3.06. The molecule has 2 aromatic carbocycles. The van der Waals surface area contributed by atoms with Crippen LogP contribution >= 0.6 is 0 Å². The molecule has 0 aromatic heterocycles. The summed E-state index contributed by atoms with van der Waals surface area (Å²) in [4.78, 5) is 13.2. The van der Waals surface area contributed by atoms with E-state index in [0.29, 0.717) is 0 Å². The van der Waals surface area contributed by atoms with Crippen LogP contribution in [0.5, 0.6) is 0 Å². The Bertz CT molecular complexity index is 515. The van der Waals surface area contributed by atoms with Crippen molar-refractivity contribution in [3.8, 4) is 0 Å². The van der Waals surface area contributed by atoms with Gasteiger partial charge in [0.15, 0.2) is 6.04 Å². The van der Waals surface area contributed by atoms with Gasteiger partial charge < -0.3 is 15.1 Å². The molecule has 104 valence electrons. The fourth-order valence-electron chi connectivity index (χ4n) is 2.18. The Labute approximate surface area is 117 Å². The Morgan fingerprint density at radius 2 is 1.35 bits per heavy atom.